The molecule has 0 unspecified atom stereocenters. The minimum absolute atomic E-state index is 0.0197. The average Bonchev–Trinajstić information content (AvgIpc) is 2.85. The lowest BCUT2D eigenvalue weighted by molar-refractivity contribution is 0.311. The van der Waals surface area contributed by atoms with Crippen molar-refractivity contribution in [3.8, 4) is 5.69 Å². The van der Waals surface area contributed by atoms with Gasteiger partial charge in [-0.2, -0.15) is 5.10 Å². The molecule has 0 aliphatic carbocycles. The van der Waals surface area contributed by atoms with Gasteiger partial charge >= 0.3 is 0 Å². The maximum Gasteiger partial charge on any atom is 0.230 e. The molecule has 0 aliphatic heterocycles. The molecule has 0 spiro atoms. The van der Waals surface area contributed by atoms with Gasteiger partial charge in [0.25, 0.3) is 0 Å². The normalized spacial score (nSPS) is 12.6. The van der Waals surface area contributed by atoms with E-state index in [2.05, 4.69) is 58.8 Å². The number of nitrogens with zero attached hydrogens (tertiary/aromatic N) is 2. The van der Waals surface area contributed by atoms with E-state index in [1.54, 1.807) is 0 Å². The van der Waals surface area contributed by atoms with Gasteiger partial charge in [-0.3, -0.25) is 0 Å². The minimum Gasteiger partial charge on any atom is -0.413 e. The lowest BCUT2D eigenvalue weighted by Crippen LogP contribution is -2.13. The summed E-state index contributed by atoms with van der Waals surface area (Å²) in [6, 6.07) is 11.3. The Bertz CT molecular complexity index is 681. The van der Waals surface area contributed by atoms with Crippen molar-refractivity contribution in [2.45, 2.75) is 59.6 Å². The quantitative estimate of drug-likeness (QED) is 0.648. The van der Waals surface area contributed by atoms with Gasteiger partial charge < -0.3 is 10.2 Å². The number of hydrogen-bond donors (Lipinski definition) is 1. The molecule has 0 saturated carbocycles. The number of benzene rings is 1. The average molecular weight is 344 g/mol. The Kier molecular flexibility index (Phi) is 5.55. The number of anilines is 1. The minimum atomic E-state index is -0.0197. The fraction of sp³-hybridized carbons (Fsp3) is 0.526. The molecule has 1 aromatic heterocycles. The summed E-state index contributed by atoms with van der Waals surface area (Å²) in [6.07, 6.45) is 0. The number of rotatable bonds is 5. The zero-order valence-electron chi connectivity index (χ0n) is 15.7. The third-order valence-corrected chi connectivity index (χ3v) is 5.16. The summed E-state index contributed by atoms with van der Waals surface area (Å²) in [4.78, 5) is 0. The maximum atomic E-state index is 6.16. The predicted molar refractivity (Wildman–Crippen MR) is 101 cm³/mol. The fourth-order valence-electron chi connectivity index (χ4n) is 2.15. The van der Waals surface area contributed by atoms with Crippen molar-refractivity contribution in [3.63, 3.8) is 0 Å². The molecule has 2 radical (unpaired) electrons. The second-order valence-electron chi connectivity index (χ2n) is 8.46. The van der Waals surface area contributed by atoms with E-state index in [1.165, 1.54) is 0 Å². The van der Waals surface area contributed by atoms with E-state index in [4.69, 9.17) is 10.2 Å². The summed E-state index contributed by atoms with van der Waals surface area (Å²) < 4.78 is 7.65. The first kappa shape index (κ1) is 18.7. The van der Waals surface area contributed by atoms with Crippen molar-refractivity contribution >= 4 is 15.6 Å². The summed E-state index contributed by atoms with van der Waals surface area (Å²) in [5.41, 5.74) is 9.56. The molecule has 2 aromatic rings. The van der Waals surface area contributed by atoms with Crippen molar-refractivity contribution in [2.75, 3.05) is 5.73 Å². The molecule has 4 nitrogen and oxygen atoms in total. The van der Waals surface area contributed by atoms with Gasteiger partial charge in [-0.15, -0.1) is 0 Å². The van der Waals surface area contributed by atoms with E-state index < -0.39 is 0 Å². The van der Waals surface area contributed by atoms with Gasteiger partial charge in [0.1, 0.15) is 5.82 Å². The molecule has 1 aromatic carbocycles. The number of nitrogens with two attached hydrogens (primary N) is 1. The molecule has 5 heteroatoms. The summed E-state index contributed by atoms with van der Waals surface area (Å²) in [6.45, 7) is 13.7. The molecule has 2 N–H and O–H groups in total. The van der Waals surface area contributed by atoms with Crippen LogP contribution in [0.4, 0.5) is 5.82 Å². The van der Waals surface area contributed by atoms with Gasteiger partial charge in [0.15, 0.2) is 0 Å². The van der Waals surface area contributed by atoms with Crippen molar-refractivity contribution in [1.29, 1.82) is 0 Å². The van der Waals surface area contributed by atoms with Crippen LogP contribution in [0.5, 0.6) is 0 Å². The highest BCUT2D eigenvalue weighted by Gasteiger charge is 2.19. The highest BCUT2D eigenvalue weighted by molar-refractivity contribution is 6.27. The Morgan fingerprint density at radius 1 is 1.12 bits per heavy atom. The van der Waals surface area contributed by atoms with Crippen LogP contribution >= 0.6 is 0 Å². The van der Waals surface area contributed by atoms with E-state index in [0.29, 0.717) is 27.6 Å². The zero-order valence-corrected chi connectivity index (χ0v) is 16.7. The van der Waals surface area contributed by atoms with Crippen LogP contribution in [0.3, 0.4) is 0 Å². The predicted octanol–water partition coefficient (Wildman–Crippen LogP) is 4.35. The molecule has 0 atom stereocenters. The topological polar surface area (TPSA) is 53.1 Å². The Hall–Kier alpha value is -1.59. The summed E-state index contributed by atoms with van der Waals surface area (Å²) in [5, 5.41) is 4.67. The molecule has 24 heavy (non-hydrogen) atoms. The molecular formula is C19H29N3OSi. The standard InChI is InChI=1S/C19H29N3OSi/c1-18(2,3)13-24-23-12-14-8-7-9-15(10-14)22-17(20)11-16(21-22)19(4,5)6/h7-11H,12-13,20H2,1-6H3. The van der Waals surface area contributed by atoms with Crippen molar-refractivity contribution in [3.05, 3.63) is 41.6 Å². The van der Waals surface area contributed by atoms with Gasteiger partial charge in [0.05, 0.1) is 18.0 Å². The highest BCUT2D eigenvalue weighted by atomic mass is 28.2. The second-order valence-corrected chi connectivity index (χ2v) is 9.39. The van der Waals surface area contributed by atoms with E-state index in [1.807, 2.05) is 22.9 Å². The van der Waals surface area contributed by atoms with Crippen molar-refractivity contribution in [1.82, 2.24) is 9.78 Å². The maximum absolute atomic E-state index is 6.16. The van der Waals surface area contributed by atoms with Crippen LogP contribution in [-0.4, -0.2) is 19.5 Å². The molecule has 2 rings (SSSR count). The van der Waals surface area contributed by atoms with Crippen LogP contribution in [0.25, 0.3) is 5.69 Å². The molecule has 0 aliphatic rings. The molecule has 0 amide bonds. The lowest BCUT2D eigenvalue weighted by atomic mass is 9.92. The van der Waals surface area contributed by atoms with Gasteiger partial charge in [-0.25, -0.2) is 4.68 Å². The van der Waals surface area contributed by atoms with Crippen molar-refractivity contribution in [2.24, 2.45) is 5.41 Å². The van der Waals surface area contributed by atoms with Gasteiger partial charge in [-0.1, -0.05) is 53.7 Å². The molecule has 1 heterocycles. The molecule has 0 fully saturated rings. The van der Waals surface area contributed by atoms with Gasteiger partial charge in [0, 0.05) is 11.5 Å². The number of aromatic nitrogens is 2. The first-order valence-corrected chi connectivity index (χ1v) is 9.48. The smallest absolute Gasteiger partial charge is 0.230 e. The largest absolute Gasteiger partial charge is 0.413 e. The zero-order chi connectivity index (χ0) is 18.0. The fourth-order valence-corrected chi connectivity index (χ4v) is 2.95. The summed E-state index contributed by atoms with van der Waals surface area (Å²) >= 11 is 0. The Balaban J connectivity index is 2.09. The SMILES string of the molecule is CC(C)(C)C[Si]OCc1cccc(-n2nc(C(C)(C)C)cc2N)c1. The number of hydrogen-bond acceptors (Lipinski definition) is 3. The van der Waals surface area contributed by atoms with Crippen LogP contribution in [-0.2, 0) is 16.4 Å². The van der Waals surface area contributed by atoms with E-state index >= 15 is 0 Å². The summed E-state index contributed by atoms with van der Waals surface area (Å²) in [5.74, 6) is 0.660. The van der Waals surface area contributed by atoms with Crippen LogP contribution in [0.15, 0.2) is 30.3 Å². The number of nitrogen functional groups attached to an aromatic ring is 1. The van der Waals surface area contributed by atoms with E-state index in [0.717, 1.165) is 23.0 Å². The van der Waals surface area contributed by atoms with Crippen LogP contribution in [0, 0.1) is 5.41 Å². The molecule has 130 valence electrons. The van der Waals surface area contributed by atoms with Gasteiger partial charge in [0.2, 0.25) is 9.76 Å². The first-order chi connectivity index (χ1) is 11.1. The Morgan fingerprint density at radius 3 is 2.42 bits per heavy atom. The van der Waals surface area contributed by atoms with Crippen LogP contribution < -0.4 is 5.73 Å². The third kappa shape index (κ3) is 5.21. The van der Waals surface area contributed by atoms with Crippen LogP contribution in [0.2, 0.25) is 6.04 Å². The molecular weight excluding hydrogens is 314 g/mol. The lowest BCUT2D eigenvalue weighted by Gasteiger charge is -2.16. The monoisotopic (exact) mass is 343 g/mol. The highest BCUT2D eigenvalue weighted by Crippen LogP contribution is 2.25. The summed E-state index contributed by atoms with van der Waals surface area (Å²) in [7, 11) is 0.519. The van der Waals surface area contributed by atoms with Crippen LogP contribution in [0.1, 0.15) is 52.8 Å². The Morgan fingerprint density at radius 2 is 1.83 bits per heavy atom. The second kappa shape index (κ2) is 7.11. The molecule has 0 bridgehead atoms. The third-order valence-electron chi connectivity index (χ3n) is 3.60. The Labute approximate surface area is 148 Å². The van der Waals surface area contributed by atoms with Gasteiger partial charge in [-0.05, 0) is 29.2 Å². The van der Waals surface area contributed by atoms with E-state index in [9.17, 15) is 0 Å². The first-order valence-electron chi connectivity index (χ1n) is 8.36. The van der Waals surface area contributed by atoms with Crippen molar-refractivity contribution < 1.29 is 4.43 Å². The molecule has 0 saturated heterocycles. The van der Waals surface area contributed by atoms with E-state index in [-0.39, 0.29) is 5.41 Å².